The van der Waals surface area contributed by atoms with Crippen molar-refractivity contribution in [1.82, 2.24) is 4.98 Å². The Kier molecular flexibility index (Phi) is 5.15. The molecule has 0 fully saturated rings. The van der Waals surface area contributed by atoms with Gasteiger partial charge in [0.2, 0.25) is 0 Å². The molecule has 0 aliphatic rings. The minimum absolute atomic E-state index is 0.00899. The van der Waals surface area contributed by atoms with E-state index in [4.69, 9.17) is 9.84 Å². The van der Waals surface area contributed by atoms with Gasteiger partial charge in [0.15, 0.2) is 5.03 Å². The molecule has 0 aliphatic heterocycles. The van der Waals surface area contributed by atoms with Crippen LogP contribution in [0.1, 0.15) is 15.9 Å². The summed E-state index contributed by atoms with van der Waals surface area (Å²) < 4.78 is 32.9. The second kappa shape index (κ2) is 7.37. The predicted molar refractivity (Wildman–Crippen MR) is 103 cm³/mol. The molecular weight excluding hydrogens is 388 g/mol. The van der Waals surface area contributed by atoms with Gasteiger partial charge in [-0.3, -0.25) is 4.72 Å². The predicted octanol–water partition coefficient (Wildman–Crippen LogP) is 3.63. The number of ether oxygens (including phenoxy) is 1. The molecule has 27 heavy (non-hydrogen) atoms. The lowest BCUT2D eigenvalue weighted by atomic mass is 10.1. The van der Waals surface area contributed by atoms with Crippen LogP contribution >= 0.6 is 11.3 Å². The lowest BCUT2D eigenvalue weighted by molar-refractivity contribution is 0.0696. The van der Waals surface area contributed by atoms with E-state index in [1.54, 1.807) is 0 Å². The Bertz CT molecular complexity index is 1110. The average molecular weight is 404 g/mol. The van der Waals surface area contributed by atoms with Crippen LogP contribution in [-0.2, 0) is 10.0 Å². The molecule has 3 rings (SSSR count). The molecule has 0 unspecified atom stereocenters. The first-order chi connectivity index (χ1) is 12.8. The molecule has 7 nitrogen and oxygen atoms in total. The van der Waals surface area contributed by atoms with Gasteiger partial charge in [0, 0.05) is 10.9 Å². The molecular formula is C18H16N2O5S2. The van der Waals surface area contributed by atoms with E-state index in [9.17, 15) is 13.2 Å². The Morgan fingerprint density at radius 1 is 1.22 bits per heavy atom. The first-order valence-corrected chi connectivity index (χ1v) is 10.1. The van der Waals surface area contributed by atoms with Crippen molar-refractivity contribution < 1.29 is 23.1 Å². The summed E-state index contributed by atoms with van der Waals surface area (Å²) in [5, 5.41) is 11.0. The number of thiazole rings is 1. The maximum Gasteiger partial charge on any atom is 0.335 e. The van der Waals surface area contributed by atoms with E-state index in [1.165, 1.54) is 42.0 Å². The highest BCUT2D eigenvalue weighted by Crippen LogP contribution is 2.31. The molecule has 0 atom stereocenters. The molecule has 9 heteroatoms. The minimum atomic E-state index is -3.96. The van der Waals surface area contributed by atoms with Crippen LogP contribution in [0.15, 0.2) is 52.9 Å². The van der Waals surface area contributed by atoms with Crippen LogP contribution < -0.4 is 9.46 Å². The number of hydrogen-bond donors (Lipinski definition) is 2. The fraction of sp³-hybridized carbons (Fsp3) is 0.111. The summed E-state index contributed by atoms with van der Waals surface area (Å²) in [5.41, 5.74) is 1.99. The number of carboxylic acids is 1. The fourth-order valence-electron chi connectivity index (χ4n) is 2.42. The van der Waals surface area contributed by atoms with Crippen molar-refractivity contribution in [2.75, 3.05) is 11.8 Å². The summed E-state index contributed by atoms with van der Waals surface area (Å²) >= 11 is 1.23. The Balaban J connectivity index is 1.92. The number of nitrogens with one attached hydrogen (secondary N) is 1. The van der Waals surface area contributed by atoms with Crippen LogP contribution in [0.5, 0.6) is 5.75 Å². The summed E-state index contributed by atoms with van der Waals surface area (Å²) in [4.78, 5) is 15.3. The van der Waals surface area contributed by atoms with Crippen LogP contribution in [0, 0.1) is 6.92 Å². The van der Waals surface area contributed by atoms with Crippen molar-refractivity contribution in [2.45, 2.75) is 11.9 Å². The number of aromatic nitrogens is 1. The van der Waals surface area contributed by atoms with Gasteiger partial charge in [0.05, 0.1) is 18.4 Å². The molecule has 3 aromatic rings. The zero-order chi connectivity index (χ0) is 19.6. The quantitative estimate of drug-likeness (QED) is 0.650. The number of hydrogen-bond acceptors (Lipinski definition) is 6. The van der Waals surface area contributed by atoms with Gasteiger partial charge in [0.1, 0.15) is 10.8 Å². The first kappa shape index (κ1) is 18.9. The van der Waals surface area contributed by atoms with Crippen LogP contribution in [0.4, 0.5) is 5.69 Å². The Morgan fingerprint density at radius 2 is 1.96 bits per heavy atom. The number of nitrogens with zero attached hydrogens (tertiary/aromatic N) is 1. The second-order valence-corrected chi connectivity index (χ2v) is 8.12. The van der Waals surface area contributed by atoms with Crippen molar-refractivity contribution in [3.05, 3.63) is 59.0 Å². The number of methoxy groups -OCH3 is 1. The molecule has 2 aromatic carbocycles. The third-order valence-corrected chi connectivity index (χ3v) is 6.10. The van der Waals surface area contributed by atoms with Gasteiger partial charge in [-0.25, -0.2) is 9.78 Å². The summed E-state index contributed by atoms with van der Waals surface area (Å²) in [5.74, 6) is -1.03. The van der Waals surface area contributed by atoms with Gasteiger partial charge in [-0.05, 0) is 30.7 Å². The molecule has 0 radical (unpaired) electrons. The van der Waals surface area contributed by atoms with Gasteiger partial charge < -0.3 is 9.84 Å². The number of aryl methyl sites for hydroxylation is 1. The standard InChI is InChI=1S/C18H16N2O5S2/c1-11-5-3-4-6-13(11)17-19-16(10-26-17)27(23,24)20-14-8-7-12(18(21)22)9-15(14)25-2/h3-10,20H,1-2H3,(H,21,22). The Hall–Kier alpha value is -2.91. The third kappa shape index (κ3) is 3.93. The summed E-state index contributed by atoms with van der Waals surface area (Å²) in [6.45, 7) is 1.93. The largest absolute Gasteiger partial charge is 0.495 e. The van der Waals surface area contributed by atoms with Crippen LogP contribution in [-0.4, -0.2) is 31.6 Å². The number of benzene rings is 2. The zero-order valence-corrected chi connectivity index (χ0v) is 16.1. The fourth-order valence-corrected chi connectivity index (χ4v) is 4.68. The lowest BCUT2D eigenvalue weighted by Gasteiger charge is -2.11. The highest BCUT2D eigenvalue weighted by atomic mass is 32.2. The van der Waals surface area contributed by atoms with E-state index in [2.05, 4.69) is 9.71 Å². The number of aromatic carboxylic acids is 1. The van der Waals surface area contributed by atoms with Gasteiger partial charge in [0.25, 0.3) is 10.0 Å². The normalized spacial score (nSPS) is 11.2. The molecule has 2 N–H and O–H groups in total. The van der Waals surface area contributed by atoms with Crippen LogP contribution in [0.25, 0.3) is 10.6 Å². The first-order valence-electron chi connectivity index (χ1n) is 7.77. The second-order valence-electron chi connectivity index (χ2n) is 5.63. The average Bonchev–Trinajstić information content (AvgIpc) is 3.13. The molecule has 0 spiro atoms. The summed E-state index contributed by atoms with van der Waals surface area (Å²) in [6, 6.07) is 11.5. The van der Waals surface area contributed by atoms with E-state index in [1.807, 2.05) is 31.2 Å². The number of sulfonamides is 1. The number of anilines is 1. The molecule has 1 aromatic heterocycles. The van der Waals surface area contributed by atoms with E-state index in [0.29, 0.717) is 5.01 Å². The third-order valence-electron chi connectivity index (χ3n) is 3.83. The van der Waals surface area contributed by atoms with Crippen molar-refractivity contribution in [3.63, 3.8) is 0 Å². The SMILES string of the molecule is COc1cc(C(=O)O)ccc1NS(=O)(=O)c1csc(-c2ccccc2C)n1. The maximum atomic E-state index is 12.7. The summed E-state index contributed by atoms with van der Waals surface area (Å²) in [6.07, 6.45) is 0. The maximum absolute atomic E-state index is 12.7. The smallest absolute Gasteiger partial charge is 0.335 e. The molecule has 0 aliphatic carbocycles. The molecule has 0 saturated heterocycles. The minimum Gasteiger partial charge on any atom is -0.495 e. The number of rotatable bonds is 6. The van der Waals surface area contributed by atoms with Gasteiger partial charge in [-0.2, -0.15) is 8.42 Å². The van der Waals surface area contributed by atoms with Crippen molar-refractivity contribution in [3.8, 4) is 16.3 Å². The molecule has 0 bridgehead atoms. The monoisotopic (exact) mass is 404 g/mol. The molecule has 140 valence electrons. The Labute approximate surface area is 160 Å². The van der Waals surface area contributed by atoms with Crippen molar-refractivity contribution in [2.24, 2.45) is 0 Å². The van der Waals surface area contributed by atoms with Gasteiger partial charge >= 0.3 is 5.97 Å². The molecule has 0 saturated carbocycles. The van der Waals surface area contributed by atoms with Crippen molar-refractivity contribution in [1.29, 1.82) is 0 Å². The highest BCUT2D eigenvalue weighted by Gasteiger charge is 2.21. The highest BCUT2D eigenvalue weighted by molar-refractivity contribution is 7.92. The van der Waals surface area contributed by atoms with Crippen LogP contribution in [0.2, 0.25) is 0 Å². The van der Waals surface area contributed by atoms with E-state index < -0.39 is 16.0 Å². The number of carbonyl (C=O) groups is 1. The van der Waals surface area contributed by atoms with Gasteiger partial charge in [-0.1, -0.05) is 24.3 Å². The summed E-state index contributed by atoms with van der Waals surface area (Å²) in [7, 11) is -2.63. The van der Waals surface area contributed by atoms with E-state index in [-0.39, 0.29) is 22.0 Å². The van der Waals surface area contributed by atoms with Gasteiger partial charge in [-0.15, -0.1) is 11.3 Å². The van der Waals surface area contributed by atoms with E-state index >= 15 is 0 Å². The topological polar surface area (TPSA) is 106 Å². The molecule has 1 heterocycles. The van der Waals surface area contributed by atoms with Crippen LogP contribution in [0.3, 0.4) is 0 Å². The zero-order valence-electron chi connectivity index (χ0n) is 14.5. The molecule has 0 amide bonds. The van der Waals surface area contributed by atoms with E-state index in [0.717, 1.165) is 11.1 Å². The Morgan fingerprint density at radius 3 is 2.63 bits per heavy atom. The lowest BCUT2D eigenvalue weighted by Crippen LogP contribution is -2.14. The number of carboxylic acid groups (broad SMARTS) is 1. The van der Waals surface area contributed by atoms with Crippen molar-refractivity contribution >= 4 is 33.0 Å².